The van der Waals surface area contributed by atoms with Crippen molar-refractivity contribution >= 4 is 5.97 Å². The first-order valence-electron chi connectivity index (χ1n) is 5.64. The molecule has 0 aliphatic heterocycles. The van der Waals surface area contributed by atoms with E-state index < -0.39 is 0 Å². The number of benzene rings is 1. The lowest BCUT2D eigenvalue weighted by molar-refractivity contribution is -0.148. The van der Waals surface area contributed by atoms with Gasteiger partial charge in [0.1, 0.15) is 11.9 Å². The van der Waals surface area contributed by atoms with Crippen molar-refractivity contribution < 1.29 is 14.6 Å². The maximum Gasteiger partial charge on any atom is 0.306 e. The zero-order valence-corrected chi connectivity index (χ0v) is 9.62. The summed E-state index contributed by atoms with van der Waals surface area (Å²) >= 11 is 0. The van der Waals surface area contributed by atoms with Crippen LogP contribution < -0.4 is 0 Å². The number of carbonyl (C=O) groups excluding carboxylic acids is 1. The number of fused-ring (bicyclic) bond motifs is 1. The van der Waals surface area contributed by atoms with E-state index in [1.807, 2.05) is 13.0 Å². The molecule has 3 heteroatoms. The summed E-state index contributed by atoms with van der Waals surface area (Å²) in [7, 11) is 0. The molecule has 1 aromatic rings. The zero-order valence-electron chi connectivity index (χ0n) is 9.62. The second-order valence-corrected chi connectivity index (χ2v) is 4.15. The molecule has 1 aliphatic rings. The van der Waals surface area contributed by atoms with Gasteiger partial charge in [-0.25, -0.2) is 0 Å². The molecule has 0 amide bonds. The summed E-state index contributed by atoms with van der Waals surface area (Å²) in [5.41, 5.74) is 3.10. The Balaban J connectivity index is 2.27. The van der Waals surface area contributed by atoms with Crippen LogP contribution in [0.3, 0.4) is 0 Å². The zero-order chi connectivity index (χ0) is 11.7. The Hall–Kier alpha value is -1.51. The van der Waals surface area contributed by atoms with E-state index in [-0.39, 0.29) is 12.1 Å². The van der Waals surface area contributed by atoms with Crippen molar-refractivity contribution in [2.24, 2.45) is 0 Å². The molecule has 2 rings (SSSR count). The van der Waals surface area contributed by atoms with E-state index in [4.69, 9.17) is 4.74 Å². The summed E-state index contributed by atoms with van der Waals surface area (Å²) in [5.74, 6) is 0.157. The van der Waals surface area contributed by atoms with Gasteiger partial charge in [0.2, 0.25) is 0 Å². The number of carbonyl (C=O) groups is 1. The largest absolute Gasteiger partial charge is 0.508 e. The van der Waals surface area contributed by atoms with Gasteiger partial charge < -0.3 is 9.84 Å². The number of ether oxygens (including phenoxy) is 1. The Morgan fingerprint density at radius 1 is 1.56 bits per heavy atom. The SMILES string of the molecule is CCC(=O)OC1CCc2c1ccc(O)c2C. The lowest BCUT2D eigenvalue weighted by Gasteiger charge is -2.13. The molecule has 16 heavy (non-hydrogen) atoms. The van der Waals surface area contributed by atoms with Crippen LogP contribution in [-0.4, -0.2) is 11.1 Å². The first kappa shape index (κ1) is 11.0. The summed E-state index contributed by atoms with van der Waals surface area (Å²) in [6.45, 7) is 3.69. The van der Waals surface area contributed by atoms with Gasteiger partial charge in [-0.1, -0.05) is 13.0 Å². The molecule has 0 saturated heterocycles. The minimum Gasteiger partial charge on any atom is -0.508 e. The molecule has 0 saturated carbocycles. The van der Waals surface area contributed by atoms with Crippen molar-refractivity contribution in [3.8, 4) is 5.75 Å². The second kappa shape index (κ2) is 4.16. The highest BCUT2D eigenvalue weighted by molar-refractivity contribution is 5.69. The highest BCUT2D eigenvalue weighted by atomic mass is 16.5. The smallest absolute Gasteiger partial charge is 0.306 e. The standard InChI is InChI=1S/C13H16O3/c1-3-13(15)16-12-7-5-9-8(2)11(14)6-4-10(9)12/h4,6,12,14H,3,5,7H2,1-2H3. The number of esters is 1. The van der Waals surface area contributed by atoms with Crippen LogP contribution in [0.25, 0.3) is 0 Å². The van der Waals surface area contributed by atoms with Gasteiger partial charge >= 0.3 is 5.97 Å². The summed E-state index contributed by atoms with van der Waals surface area (Å²) in [6, 6.07) is 3.53. The average molecular weight is 220 g/mol. The van der Waals surface area contributed by atoms with Crippen LogP contribution in [0, 0.1) is 6.92 Å². The van der Waals surface area contributed by atoms with Crippen LogP contribution in [0.4, 0.5) is 0 Å². The maximum atomic E-state index is 11.3. The molecule has 0 radical (unpaired) electrons. The molecule has 1 aromatic carbocycles. The Morgan fingerprint density at radius 3 is 3.00 bits per heavy atom. The number of aromatic hydroxyl groups is 1. The molecule has 1 atom stereocenters. The van der Waals surface area contributed by atoms with E-state index in [0.717, 1.165) is 29.5 Å². The third-order valence-electron chi connectivity index (χ3n) is 3.17. The number of rotatable bonds is 2. The van der Waals surface area contributed by atoms with E-state index in [2.05, 4.69) is 0 Å². The number of hydrogen-bond donors (Lipinski definition) is 1. The van der Waals surface area contributed by atoms with Crippen molar-refractivity contribution in [3.63, 3.8) is 0 Å². The fourth-order valence-electron chi connectivity index (χ4n) is 2.19. The molecule has 1 N–H and O–H groups in total. The molecule has 1 unspecified atom stereocenters. The maximum absolute atomic E-state index is 11.3. The van der Waals surface area contributed by atoms with Crippen molar-refractivity contribution in [1.82, 2.24) is 0 Å². The van der Waals surface area contributed by atoms with Crippen molar-refractivity contribution in [3.05, 3.63) is 28.8 Å². The van der Waals surface area contributed by atoms with Gasteiger partial charge in [-0.05, 0) is 42.5 Å². The van der Waals surface area contributed by atoms with Crippen molar-refractivity contribution in [1.29, 1.82) is 0 Å². The molecule has 3 nitrogen and oxygen atoms in total. The highest BCUT2D eigenvalue weighted by Gasteiger charge is 2.27. The van der Waals surface area contributed by atoms with Crippen LogP contribution in [0.5, 0.6) is 5.75 Å². The Kier molecular flexibility index (Phi) is 2.86. The van der Waals surface area contributed by atoms with Crippen LogP contribution in [0.2, 0.25) is 0 Å². The number of phenolic OH excluding ortho intramolecular Hbond substituents is 1. The van der Waals surface area contributed by atoms with Crippen molar-refractivity contribution in [2.75, 3.05) is 0 Å². The van der Waals surface area contributed by atoms with E-state index in [9.17, 15) is 9.90 Å². The third kappa shape index (κ3) is 1.77. The summed E-state index contributed by atoms with van der Waals surface area (Å²) in [5, 5.41) is 9.59. The van der Waals surface area contributed by atoms with Crippen LogP contribution in [-0.2, 0) is 16.0 Å². The first-order chi connectivity index (χ1) is 7.63. The number of hydrogen-bond acceptors (Lipinski definition) is 3. The van der Waals surface area contributed by atoms with Crippen molar-refractivity contribution in [2.45, 2.75) is 39.2 Å². The fourth-order valence-corrected chi connectivity index (χ4v) is 2.19. The Morgan fingerprint density at radius 2 is 2.31 bits per heavy atom. The molecule has 0 spiro atoms. The van der Waals surface area contributed by atoms with Crippen LogP contribution in [0.15, 0.2) is 12.1 Å². The summed E-state index contributed by atoms with van der Waals surface area (Å²) in [6.07, 6.45) is 1.98. The van der Waals surface area contributed by atoms with Gasteiger partial charge in [-0.3, -0.25) is 4.79 Å². The average Bonchev–Trinajstić information content (AvgIpc) is 2.67. The minimum absolute atomic E-state index is 0.123. The van der Waals surface area contributed by atoms with Gasteiger partial charge in [-0.15, -0.1) is 0 Å². The van der Waals surface area contributed by atoms with E-state index >= 15 is 0 Å². The summed E-state index contributed by atoms with van der Waals surface area (Å²) in [4.78, 5) is 11.3. The molecule has 1 aliphatic carbocycles. The Bertz CT molecular complexity index is 423. The van der Waals surface area contributed by atoms with E-state index in [1.165, 1.54) is 0 Å². The molecular formula is C13H16O3. The topological polar surface area (TPSA) is 46.5 Å². The van der Waals surface area contributed by atoms with Gasteiger partial charge in [0.25, 0.3) is 0 Å². The molecular weight excluding hydrogens is 204 g/mol. The van der Waals surface area contributed by atoms with Gasteiger partial charge in [0.15, 0.2) is 0 Å². The van der Waals surface area contributed by atoms with Crippen LogP contribution >= 0.6 is 0 Å². The first-order valence-corrected chi connectivity index (χ1v) is 5.64. The van der Waals surface area contributed by atoms with Gasteiger partial charge in [0.05, 0.1) is 0 Å². The summed E-state index contributed by atoms with van der Waals surface area (Å²) < 4.78 is 5.36. The third-order valence-corrected chi connectivity index (χ3v) is 3.17. The van der Waals surface area contributed by atoms with Gasteiger partial charge in [-0.2, -0.15) is 0 Å². The van der Waals surface area contributed by atoms with E-state index in [0.29, 0.717) is 12.2 Å². The van der Waals surface area contributed by atoms with Gasteiger partial charge in [0, 0.05) is 6.42 Å². The normalized spacial score (nSPS) is 18.2. The van der Waals surface area contributed by atoms with Crippen LogP contribution in [0.1, 0.15) is 42.6 Å². The second-order valence-electron chi connectivity index (χ2n) is 4.15. The minimum atomic E-state index is -0.163. The number of phenols is 1. The van der Waals surface area contributed by atoms with E-state index in [1.54, 1.807) is 13.0 Å². The Labute approximate surface area is 95.0 Å². The fraction of sp³-hybridized carbons (Fsp3) is 0.462. The quantitative estimate of drug-likeness (QED) is 0.779. The predicted octanol–water partition coefficient (Wildman–Crippen LogP) is 2.64. The lowest BCUT2D eigenvalue weighted by Crippen LogP contribution is -2.07. The molecule has 0 aromatic heterocycles. The molecule has 0 heterocycles. The predicted molar refractivity (Wildman–Crippen MR) is 60.3 cm³/mol. The monoisotopic (exact) mass is 220 g/mol. The highest BCUT2D eigenvalue weighted by Crippen LogP contribution is 2.38. The molecule has 86 valence electrons. The lowest BCUT2D eigenvalue weighted by atomic mass is 10.0. The molecule has 0 fully saturated rings. The molecule has 0 bridgehead atoms.